The first-order valence-corrected chi connectivity index (χ1v) is 6.20. The molecule has 0 saturated heterocycles. The molecule has 2 rings (SSSR count). The molecule has 0 atom stereocenters. The Bertz CT molecular complexity index is 687. The molecule has 2 aromatic carbocycles. The number of nitrogens with zero attached hydrogens (tertiary/aromatic N) is 1. The number of nitro benzene ring substituents is 1. The van der Waals surface area contributed by atoms with Crippen LogP contribution in [0, 0.1) is 10.1 Å². The molecule has 0 radical (unpaired) electrons. The van der Waals surface area contributed by atoms with Gasteiger partial charge in [0, 0.05) is 12.1 Å². The minimum Gasteiger partial charge on any atom is -0.488 e. The van der Waals surface area contributed by atoms with Crippen LogP contribution in [0.5, 0.6) is 11.5 Å². The van der Waals surface area contributed by atoms with Crippen LogP contribution in [-0.2, 0) is 0 Å². The summed E-state index contributed by atoms with van der Waals surface area (Å²) in [4.78, 5) is 22.3. The number of nitro groups is 1. The molecule has 0 aromatic heterocycles. The molecule has 0 heterocycles. The molecule has 0 saturated carbocycles. The van der Waals surface area contributed by atoms with Crippen LogP contribution in [0.1, 0.15) is 10.4 Å². The van der Waals surface area contributed by atoms with Crippen molar-refractivity contribution >= 4 is 23.3 Å². The van der Waals surface area contributed by atoms with E-state index in [0.29, 0.717) is 5.56 Å². The number of carbonyl (C=O) groups excluding carboxylic acids is 1. The summed E-state index contributed by atoms with van der Waals surface area (Å²) in [6.45, 7) is 0. The van der Waals surface area contributed by atoms with Gasteiger partial charge in [-0.15, -0.1) is 0 Å². The Morgan fingerprint density at radius 2 is 1.90 bits per heavy atom. The lowest BCUT2D eigenvalue weighted by Crippen LogP contribution is -2.09. The summed E-state index contributed by atoms with van der Waals surface area (Å²) in [5.74, 6) is -0.926. The number of ether oxygens (including phenoxy) is 2. The van der Waals surface area contributed by atoms with E-state index in [1.807, 2.05) is 0 Å². The zero-order valence-electron chi connectivity index (χ0n) is 10.9. The highest BCUT2D eigenvalue weighted by Gasteiger charge is 2.23. The summed E-state index contributed by atoms with van der Waals surface area (Å²) in [5.41, 5.74) is -0.0666. The van der Waals surface area contributed by atoms with Gasteiger partial charge in [-0.2, -0.15) is 0 Å². The van der Waals surface area contributed by atoms with Gasteiger partial charge in [0.1, 0.15) is 0 Å². The second kappa shape index (κ2) is 6.23. The number of hydrogen-bond donors (Lipinski definition) is 0. The monoisotopic (exact) mass is 307 g/mol. The van der Waals surface area contributed by atoms with Crippen LogP contribution >= 0.6 is 11.6 Å². The molecule has 0 N–H and O–H groups in total. The second-order valence-electron chi connectivity index (χ2n) is 3.97. The number of carbonyl (C=O) groups is 1. The van der Waals surface area contributed by atoms with Crippen LogP contribution in [0.4, 0.5) is 5.69 Å². The zero-order valence-corrected chi connectivity index (χ0v) is 11.7. The predicted molar refractivity (Wildman–Crippen MR) is 76.1 cm³/mol. The maximum atomic E-state index is 12.0. The summed E-state index contributed by atoms with van der Waals surface area (Å²) in [7, 11) is 1.25. The van der Waals surface area contributed by atoms with Crippen molar-refractivity contribution in [2.45, 2.75) is 0 Å². The number of halogens is 1. The van der Waals surface area contributed by atoms with Gasteiger partial charge in [0.15, 0.2) is 5.75 Å². The topological polar surface area (TPSA) is 78.7 Å². The Morgan fingerprint density at radius 1 is 1.24 bits per heavy atom. The Balaban J connectivity index is 2.40. The van der Waals surface area contributed by atoms with Gasteiger partial charge >= 0.3 is 11.7 Å². The fraction of sp³-hybridized carbons (Fsp3) is 0.0714. The van der Waals surface area contributed by atoms with Gasteiger partial charge in [-0.1, -0.05) is 29.8 Å². The van der Waals surface area contributed by atoms with E-state index < -0.39 is 10.9 Å². The van der Waals surface area contributed by atoms with Gasteiger partial charge in [-0.25, -0.2) is 4.79 Å². The first-order chi connectivity index (χ1) is 10.0. The predicted octanol–water partition coefficient (Wildman–Crippen LogP) is 3.48. The van der Waals surface area contributed by atoms with Crippen molar-refractivity contribution in [3.8, 4) is 11.5 Å². The standard InChI is InChI=1S/C14H10ClNO5/c1-20-13-11(16(18)19)7-10(15)8-12(13)21-14(17)9-5-3-2-4-6-9/h2-8H,1H3. The van der Waals surface area contributed by atoms with Crippen molar-refractivity contribution in [1.29, 1.82) is 0 Å². The first-order valence-electron chi connectivity index (χ1n) is 5.82. The van der Waals surface area contributed by atoms with E-state index in [9.17, 15) is 14.9 Å². The SMILES string of the molecule is COc1c(OC(=O)c2ccccc2)cc(Cl)cc1[N+](=O)[O-]. The van der Waals surface area contributed by atoms with E-state index >= 15 is 0 Å². The van der Waals surface area contributed by atoms with Gasteiger partial charge in [-0.05, 0) is 12.1 Å². The van der Waals surface area contributed by atoms with Crippen molar-refractivity contribution < 1.29 is 19.2 Å². The third-order valence-corrected chi connectivity index (χ3v) is 2.83. The normalized spacial score (nSPS) is 10.0. The van der Waals surface area contributed by atoms with Gasteiger partial charge < -0.3 is 9.47 Å². The smallest absolute Gasteiger partial charge is 0.343 e. The molecule has 0 fully saturated rings. The largest absolute Gasteiger partial charge is 0.488 e. The summed E-state index contributed by atoms with van der Waals surface area (Å²) in [6, 6.07) is 10.6. The van der Waals surface area contributed by atoms with Crippen LogP contribution in [0.15, 0.2) is 42.5 Å². The van der Waals surface area contributed by atoms with Crippen LogP contribution in [0.2, 0.25) is 5.02 Å². The van der Waals surface area contributed by atoms with Gasteiger partial charge in [0.05, 0.1) is 22.6 Å². The third kappa shape index (κ3) is 3.29. The molecule has 0 unspecified atom stereocenters. The van der Waals surface area contributed by atoms with Crippen molar-refractivity contribution in [3.63, 3.8) is 0 Å². The lowest BCUT2D eigenvalue weighted by Gasteiger charge is -2.10. The fourth-order valence-electron chi connectivity index (χ4n) is 1.70. The second-order valence-corrected chi connectivity index (χ2v) is 4.41. The highest BCUT2D eigenvalue weighted by Crippen LogP contribution is 2.39. The lowest BCUT2D eigenvalue weighted by molar-refractivity contribution is -0.385. The van der Waals surface area contributed by atoms with Crippen LogP contribution in [0.25, 0.3) is 0 Å². The highest BCUT2D eigenvalue weighted by atomic mass is 35.5. The summed E-state index contributed by atoms with van der Waals surface area (Å²) in [5, 5.41) is 11.0. The van der Waals surface area contributed by atoms with Gasteiger partial charge in [-0.3, -0.25) is 10.1 Å². The molecule has 0 aliphatic rings. The maximum absolute atomic E-state index is 12.0. The van der Waals surface area contributed by atoms with Crippen LogP contribution < -0.4 is 9.47 Å². The quantitative estimate of drug-likeness (QED) is 0.374. The summed E-state index contributed by atoms with van der Waals surface area (Å²) in [6.07, 6.45) is 0. The molecule has 0 amide bonds. The minimum atomic E-state index is -0.662. The third-order valence-electron chi connectivity index (χ3n) is 2.61. The van der Waals surface area contributed by atoms with E-state index in [1.54, 1.807) is 30.3 Å². The van der Waals surface area contributed by atoms with Crippen molar-refractivity contribution in [3.05, 3.63) is 63.2 Å². The van der Waals surface area contributed by atoms with E-state index in [2.05, 4.69) is 0 Å². The number of hydrogen-bond acceptors (Lipinski definition) is 5. The average Bonchev–Trinajstić information content (AvgIpc) is 2.47. The molecule has 0 spiro atoms. The van der Waals surface area contributed by atoms with Crippen LogP contribution in [0.3, 0.4) is 0 Å². The maximum Gasteiger partial charge on any atom is 0.343 e. The minimum absolute atomic E-state index is 0.0679. The Labute approximate surface area is 125 Å². The van der Waals surface area contributed by atoms with Crippen LogP contribution in [-0.4, -0.2) is 18.0 Å². The molecule has 2 aromatic rings. The number of esters is 1. The molecule has 0 bridgehead atoms. The molecule has 7 heteroatoms. The molecule has 6 nitrogen and oxygen atoms in total. The van der Waals surface area contributed by atoms with E-state index in [-0.39, 0.29) is 22.2 Å². The number of rotatable bonds is 4. The highest BCUT2D eigenvalue weighted by molar-refractivity contribution is 6.31. The van der Waals surface area contributed by atoms with E-state index in [4.69, 9.17) is 21.1 Å². The molecular formula is C14H10ClNO5. The summed E-state index contributed by atoms with van der Waals surface area (Å²) >= 11 is 5.80. The lowest BCUT2D eigenvalue weighted by atomic mass is 10.2. The number of benzene rings is 2. The number of methoxy groups -OCH3 is 1. The van der Waals surface area contributed by atoms with Gasteiger partial charge in [0.25, 0.3) is 0 Å². The van der Waals surface area contributed by atoms with E-state index in [0.717, 1.165) is 6.07 Å². The average molecular weight is 308 g/mol. The van der Waals surface area contributed by atoms with Crippen molar-refractivity contribution in [1.82, 2.24) is 0 Å². The molecule has 0 aliphatic carbocycles. The zero-order chi connectivity index (χ0) is 15.4. The Morgan fingerprint density at radius 3 is 2.48 bits per heavy atom. The first kappa shape index (κ1) is 14.8. The Hall–Kier alpha value is -2.60. The fourth-order valence-corrected chi connectivity index (χ4v) is 1.91. The molecule has 0 aliphatic heterocycles. The Kier molecular flexibility index (Phi) is 4.39. The van der Waals surface area contributed by atoms with Crippen molar-refractivity contribution in [2.75, 3.05) is 7.11 Å². The molecule has 108 valence electrons. The molecular weight excluding hydrogens is 298 g/mol. The van der Waals surface area contributed by atoms with Crippen molar-refractivity contribution in [2.24, 2.45) is 0 Å². The van der Waals surface area contributed by atoms with Gasteiger partial charge in [0.2, 0.25) is 5.75 Å². The molecule has 21 heavy (non-hydrogen) atoms. The summed E-state index contributed by atoms with van der Waals surface area (Å²) < 4.78 is 10.1. The van der Waals surface area contributed by atoms with E-state index in [1.165, 1.54) is 13.2 Å².